The maximum Gasteiger partial charge on any atom is 0.320 e. The lowest BCUT2D eigenvalue weighted by Crippen LogP contribution is -2.41. The van der Waals surface area contributed by atoms with Gasteiger partial charge in [0.15, 0.2) is 0 Å². The molecule has 0 unspecified atom stereocenters. The topological polar surface area (TPSA) is 78.4 Å². The third-order valence-electron chi connectivity index (χ3n) is 3.09. The zero-order chi connectivity index (χ0) is 13.4. The van der Waals surface area contributed by atoms with Gasteiger partial charge in [-0.3, -0.25) is 14.9 Å². The minimum absolute atomic E-state index is 0.0481. The van der Waals surface area contributed by atoms with Crippen LogP contribution < -0.4 is 10.6 Å². The van der Waals surface area contributed by atoms with E-state index in [0.29, 0.717) is 6.54 Å². The molecule has 0 radical (unpaired) electrons. The highest BCUT2D eigenvalue weighted by Gasteiger charge is 2.11. The van der Waals surface area contributed by atoms with Gasteiger partial charge in [0.25, 0.3) is 0 Å². The van der Waals surface area contributed by atoms with Crippen molar-refractivity contribution in [1.82, 2.24) is 10.6 Å². The maximum absolute atomic E-state index is 11.4. The SMILES string of the molecule is C[C@H](NCC(=O)NCCC1=CCCCC1)C(=O)O. The Morgan fingerprint density at radius 2 is 2.22 bits per heavy atom. The zero-order valence-electron chi connectivity index (χ0n) is 10.9. The Bertz CT molecular complexity index is 326. The number of rotatable bonds is 7. The number of carbonyl (C=O) groups is 2. The van der Waals surface area contributed by atoms with E-state index in [-0.39, 0.29) is 12.5 Å². The van der Waals surface area contributed by atoms with Gasteiger partial charge < -0.3 is 10.4 Å². The summed E-state index contributed by atoms with van der Waals surface area (Å²) in [6.45, 7) is 2.20. The van der Waals surface area contributed by atoms with E-state index in [1.807, 2.05) is 0 Å². The zero-order valence-corrected chi connectivity index (χ0v) is 10.9. The van der Waals surface area contributed by atoms with Crippen molar-refractivity contribution in [2.45, 2.75) is 45.1 Å². The van der Waals surface area contributed by atoms with E-state index in [4.69, 9.17) is 5.11 Å². The van der Waals surface area contributed by atoms with Crippen molar-refractivity contribution < 1.29 is 14.7 Å². The van der Waals surface area contributed by atoms with Gasteiger partial charge in [-0.25, -0.2) is 0 Å². The smallest absolute Gasteiger partial charge is 0.320 e. The Kier molecular flexibility index (Phi) is 6.43. The van der Waals surface area contributed by atoms with Gasteiger partial charge in [-0.05, 0) is 39.0 Å². The van der Waals surface area contributed by atoms with Crippen molar-refractivity contribution >= 4 is 11.9 Å². The van der Waals surface area contributed by atoms with Gasteiger partial charge in [0.1, 0.15) is 6.04 Å². The van der Waals surface area contributed by atoms with E-state index in [1.165, 1.54) is 25.3 Å². The number of carbonyl (C=O) groups excluding carboxylic acids is 1. The van der Waals surface area contributed by atoms with Crippen molar-refractivity contribution in [2.24, 2.45) is 0 Å². The molecule has 0 aromatic carbocycles. The van der Waals surface area contributed by atoms with Crippen LogP contribution in [0, 0.1) is 0 Å². The highest BCUT2D eigenvalue weighted by atomic mass is 16.4. The van der Waals surface area contributed by atoms with Crippen molar-refractivity contribution in [3.63, 3.8) is 0 Å². The van der Waals surface area contributed by atoms with Crippen LogP contribution in [-0.2, 0) is 9.59 Å². The van der Waals surface area contributed by atoms with Gasteiger partial charge in [-0.2, -0.15) is 0 Å². The summed E-state index contributed by atoms with van der Waals surface area (Å²) in [4.78, 5) is 22.0. The molecule has 0 spiro atoms. The van der Waals surface area contributed by atoms with E-state index in [1.54, 1.807) is 0 Å². The molecule has 1 amide bonds. The lowest BCUT2D eigenvalue weighted by Gasteiger charge is -2.13. The number of aliphatic carboxylic acids is 1. The van der Waals surface area contributed by atoms with Crippen LogP contribution in [0.5, 0.6) is 0 Å². The Morgan fingerprint density at radius 3 is 2.83 bits per heavy atom. The third-order valence-corrected chi connectivity index (χ3v) is 3.09. The molecule has 1 rings (SSSR count). The summed E-state index contributed by atoms with van der Waals surface area (Å²) in [5, 5.41) is 14.1. The maximum atomic E-state index is 11.4. The summed E-state index contributed by atoms with van der Waals surface area (Å²) >= 11 is 0. The quantitative estimate of drug-likeness (QED) is 0.593. The molecule has 5 heteroatoms. The van der Waals surface area contributed by atoms with Crippen LogP contribution in [0.3, 0.4) is 0 Å². The monoisotopic (exact) mass is 254 g/mol. The minimum atomic E-state index is -0.949. The Balaban J connectivity index is 2.09. The van der Waals surface area contributed by atoms with E-state index in [0.717, 1.165) is 19.3 Å². The highest BCUT2D eigenvalue weighted by molar-refractivity contribution is 5.79. The summed E-state index contributed by atoms with van der Waals surface area (Å²) in [6.07, 6.45) is 7.98. The molecule has 1 atom stereocenters. The van der Waals surface area contributed by atoms with Crippen LogP contribution in [0.15, 0.2) is 11.6 Å². The van der Waals surface area contributed by atoms with Crippen LogP contribution in [0.4, 0.5) is 0 Å². The molecule has 0 bridgehead atoms. The second kappa shape index (κ2) is 7.87. The minimum Gasteiger partial charge on any atom is -0.480 e. The molecule has 18 heavy (non-hydrogen) atoms. The highest BCUT2D eigenvalue weighted by Crippen LogP contribution is 2.19. The predicted molar refractivity (Wildman–Crippen MR) is 69.3 cm³/mol. The van der Waals surface area contributed by atoms with Crippen LogP contribution in [0.2, 0.25) is 0 Å². The van der Waals surface area contributed by atoms with E-state index in [9.17, 15) is 9.59 Å². The summed E-state index contributed by atoms with van der Waals surface area (Å²) in [5.74, 6) is -1.10. The number of amides is 1. The molecule has 0 heterocycles. The normalized spacial score (nSPS) is 16.8. The summed E-state index contributed by atoms with van der Waals surface area (Å²) < 4.78 is 0. The number of carboxylic acid groups (broad SMARTS) is 1. The molecular weight excluding hydrogens is 232 g/mol. The molecule has 0 aromatic rings. The Labute approximate surface area is 108 Å². The van der Waals surface area contributed by atoms with E-state index < -0.39 is 12.0 Å². The molecule has 1 aliphatic rings. The molecular formula is C13H22N2O3. The van der Waals surface area contributed by atoms with Crippen LogP contribution in [0.25, 0.3) is 0 Å². The average molecular weight is 254 g/mol. The lowest BCUT2D eigenvalue weighted by molar-refractivity contribution is -0.139. The molecule has 5 nitrogen and oxygen atoms in total. The Hall–Kier alpha value is -1.36. The summed E-state index contributed by atoms with van der Waals surface area (Å²) in [5.41, 5.74) is 1.42. The summed E-state index contributed by atoms with van der Waals surface area (Å²) in [6, 6.07) is -0.697. The fourth-order valence-corrected chi connectivity index (χ4v) is 1.89. The first kappa shape index (κ1) is 14.7. The number of allylic oxidation sites excluding steroid dienone is 1. The van der Waals surface area contributed by atoms with Gasteiger partial charge in [-0.15, -0.1) is 0 Å². The van der Waals surface area contributed by atoms with Crippen LogP contribution in [0.1, 0.15) is 39.0 Å². The van der Waals surface area contributed by atoms with Gasteiger partial charge in [-0.1, -0.05) is 11.6 Å². The fourth-order valence-electron chi connectivity index (χ4n) is 1.89. The second-order valence-electron chi connectivity index (χ2n) is 4.65. The number of hydrogen-bond donors (Lipinski definition) is 3. The fraction of sp³-hybridized carbons (Fsp3) is 0.692. The van der Waals surface area contributed by atoms with E-state index >= 15 is 0 Å². The van der Waals surface area contributed by atoms with Crippen molar-refractivity contribution in [2.75, 3.05) is 13.1 Å². The van der Waals surface area contributed by atoms with Crippen molar-refractivity contribution in [1.29, 1.82) is 0 Å². The van der Waals surface area contributed by atoms with Gasteiger partial charge in [0, 0.05) is 6.54 Å². The number of nitrogens with one attached hydrogen (secondary N) is 2. The van der Waals surface area contributed by atoms with Crippen LogP contribution in [-0.4, -0.2) is 36.1 Å². The summed E-state index contributed by atoms with van der Waals surface area (Å²) in [7, 11) is 0. The predicted octanol–water partition coefficient (Wildman–Crippen LogP) is 1.06. The first-order valence-corrected chi connectivity index (χ1v) is 6.50. The first-order valence-electron chi connectivity index (χ1n) is 6.50. The standard InChI is InChI=1S/C13H22N2O3/c1-10(13(17)18)15-9-12(16)14-8-7-11-5-3-2-4-6-11/h5,10,15H,2-4,6-9H2,1H3,(H,14,16)(H,17,18)/t10-/m0/s1. The molecule has 0 fully saturated rings. The Morgan fingerprint density at radius 1 is 1.44 bits per heavy atom. The second-order valence-corrected chi connectivity index (χ2v) is 4.65. The molecule has 0 saturated carbocycles. The molecule has 0 saturated heterocycles. The molecule has 3 N–H and O–H groups in total. The van der Waals surface area contributed by atoms with Crippen molar-refractivity contribution in [3.8, 4) is 0 Å². The molecule has 102 valence electrons. The molecule has 0 aromatic heterocycles. The van der Waals surface area contributed by atoms with Gasteiger partial charge in [0.05, 0.1) is 6.54 Å². The van der Waals surface area contributed by atoms with Crippen LogP contribution >= 0.6 is 0 Å². The molecule has 1 aliphatic carbocycles. The third kappa shape index (κ3) is 5.82. The van der Waals surface area contributed by atoms with Gasteiger partial charge in [0.2, 0.25) is 5.91 Å². The van der Waals surface area contributed by atoms with E-state index in [2.05, 4.69) is 16.7 Å². The first-order chi connectivity index (χ1) is 8.59. The van der Waals surface area contributed by atoms with Gasteiger partial charge >= 0.3 is 5.97 Å². The average Bonchev–Trinajstić information content (AvgIpc) is 2.37. The molecule has 0 aliphatic heterocycles. The largest absolute Gasteiger partial charge is 0.480 e. The lowest BCUT2D eigenvalue weighted by atomic mass is 9.97. The van der Waals surface area contributed by atoms with Crippen molar-refractivity contribution in [3.05, 3.63) is 11.6 Å². The number of hydrogen-bond acceptors (Lipinski definition) is 3. The number of carboxylic acids is 1.